The zero-order valence-electron chi connectivity index (χ0n) is 8.65. The first kappa shape index (κ1) is 11.4. The van der Waals surface area contributed by atoms with Gasteiger partial charge in [-0.1, -0.05) is 0 Å². The normalized spacial score (nSPS) is 11.8. The highest BCUT2D eigenvalue weighted by Gasteiger charge is 2.31. The summed E-state index contributed by atoms with van der Waals surface area (Å²) in [5.41, 5.74) is 0.581. The van der Waals surface area contributed by atoms with Crippen molar-refractivity contribution in [1.82, 2.24) is 9.38 Å². The van der Waals surface area contributed by atoms with Gasteiger partial charge in [0, 0.05) is 6.92 Å². The highest BCUT2D eigenvalue weighted by molar-refractivity contribution is 5.93. The Labute approximate surface area is 93.6 Å². The summed E-state index contributed by atoms with van der Waals surface area (Å²) in [5.74, 6) is -0.688. The van der Waals surface area contributed by atoms with Crippen molar-refractivity contribution in [1.29, 1.82) is 0 Å². The molecule has 0 aliphatic rings. The van der Waals surface area contributed by atoms with E-state index in [2.05, 4.69) is 9.72 Å². The van der Waals surface area contributed by atoms with Crippen molar-refractivity contribution in [2.45, 2.75) is 13.3 Å². The van der Waals surface area contributed by atoms with E-state index < -0.39 is 12.1 Å². The number of hydrogen-bond acceptors (Lipinski definition) is 3. The maximum atomic E-state index is 12.0. The van der Waals surface area contributed by atoms with Crippen molar-refractivity contribution in [3.05, 3.63) is 30.2 Å². The van der Waals surface area contributed by atoms with Gasteiger partial charge >= 0.3 is 6.36 Å². The lowest BCUT2D eigenvalue weighted by Crippen LogP contribution is -2.17. The van der Waals surface area contributed by atoms with Gasteiger partial charge in [-0.15, -0.1) is 13.2 Å². The second-order valence-corrected chi connectivity index (χ2v) is 3.34. The third-order valence-corrected chi connectivity index (χ3v) is 2.07. The molecule has 0 aliphatic heterocycles. The Morgan fingerprint density at radius 3 is 2.71 bits per heavy atom. The number of nitrogens with zero attached hydrogens (tertiary/aromatic N) is 2. The van der Waals surface area contributed by atoms with Crippen molar-refractivity contribution in [2.75, 3.05) is 0 Å². The van der Waals surface area contributed by atoms with E-state index in [1.807, 2.05) is 0 Å². The van der Waals surface area contributed by atoms with Gasteiger partial charge in [0.2, 0.25) is 0 Å². The molecule has 0 aliphatic carbocycles. The molecule has 4 nitrogen and oxygen atoms in total. The predicted molar refractivity (Wildman–Crippen MR) is 51.9 cm³/mol. The largest absolute Gasteiger partial charge is 0.573 e. The Morgan fingerprint density at radius 2 is 2.12 bits per heavy atom. The number of rotatable bonds is 2. The van der Waals surface area contributed by atoms with E-state index >= 15 is 0 Å². The first-order chi connectivity index (χ1) is 7.87. The summed E-state index contributed by atoms with van der Waals surface area (Å²) in [6.07, 6.45) is -2.38. The number of pyridine rings is 1. The van der Waals surface area contributed by atoms with Gasteiger partial charge in [-0.05, 0) is 12.1 Å². The second-order valence-electron chi connectivity index (χ2n) is 3.34. The van der Waals surface area contributed by atoms with Crippen molar-refractivity contribution in [3.63, 3.8) is 0 Å². The maximum absolute atomic E-state index is 12.0. The van der Waals surface area contributed by atoms with Gasteiger partial charge in [0.1, 0.15) is 17.1 Å². The van der Waals surface area contributed by atoms with Gasteiger partial charge in [-0.3, -0.25) is 9.20 Å². The van der Waals surface area contributed by atoms with Gasteiger partial charge in [-0.2, -0.15) is 0 Å². The van der Waals surface area contributed by atoms with Crippen LogP contribution >= 0.6 is 0 Å². The molecule has 0 amide bonds. The molecule has 0 unspecified atom stereocenters. The molecule has 0 radical (unpaired) electrons. The number of ether oxygens (including phenoxy) is 1. The Kier molecular flexibility index (Phi) is 2.53. The number of alkyl halides is 3. The molecule has 0 aromatic carbocycles. The van der Waals surface area contributed by atoms with E-state index in [1.54, 1.807) is 0 Å². The molecular formula is C10H7F3N2O2. The average molecular weight is 244 g/mol. The summed E-state index contributed by atoms with van der Waals surface area (Å²) in [6.45, 7) is 1.31. The van der Waals surface area contributed by atoms with Crippen LogP contribution in [-0.4, -0.2) is 21.5 Å². The number of carbonyl (C=O) groups excluding carboxylic acids is 1. The molecule has 90 valence electrons. The lowest BCUT2D eigenvalue weighted by molar-refractivity contribution is -0.274. The van der Waals surface area contributed by atoms with Crippen LogP contribution in [0.5, 0.6) is 5.75 Å². The van der Waals surface area contributed by atoms with Crippen LogP contribution in [-0.2, 0) is 0 Å². The summed E-state index contributed by atoms with van der Waals surface area (Å²) >= 11 is 0. The number of hydrogen-bond donors (Lipinski definition) is 0. The number of ketones is 1. The minimum absolute atomic E-state index is 0.202. The van der Waals surface area contributed by atoms with E-state index in [-0.39, 0.29) is 11.5 Å². The molecule has 0 N–H and O–H groups in total. The SMILES string of the molecule is CC(=O)c1cnc2ccc(OC(F)(F)F)cn12. The van der Waals surface area contributed by atoms with E-state index in [4.69, 9.17) is 0 Å². The van der Waals surface area contributed by atoms with Crippen LogP contribution in [0.25, 0.3) is 5.65 Å². The molecule has 0 bridgehead atoms. The number of imidazole rings is 1. The number of Topliss-reactive ketones (excluding diaryl/α,β-unsaturated/α-hetero) is 1. The standard InChI is InChI=1S/C10H7F3N2O2/c1-6(16)8-4-14-9-3-2-7(5-15(8)9)17-10(11,12)13/h2-5H,1H3. The molecule has 17 heavy (non-hydrogen) atoms. The first-order valence-electron chi connectivity index (χ1n) is 4.60. The molecule has 2 aromatic rings. The molecule has 0 fully saturated rings. The highest BCUT2D eigenvalue weighted by atomic mass is 19.4. The van der Waals surface area contributed by atoms with Gasteiger partial charge in [0.05, 0.1) is 12.4 Å². The Bertz CT molecular complexity index is 574. The highest BCUT2D eigenvalue weighted by Crippen LogP contribution is 2.23. The fourth-order valence-electron chi connectivity index (χ4n) is 1.42. The molecule has 0 saturated carbocycles. The van der Waals surface area contributed by atoms with Crippen LogP contribution in [0.2, 0.25) is 0 Å². The monoisotopic (exact) mass is 244 g/mol. The summed E-state index contributed by atoms with van der Waals surface area (Å²) in [7, 11) is 0. The van der Waals surface area contributed by atoms with E-state index in [9.17, 15) is 18.0 Å². The smallest absolute Gasteiger partial charge is 0.404 e. The van der Waals surface area contributed by atoms with Gasteiger partial charge in [0.25, 0.3) is 0 Å². The summed E-state index contributed by atoms with van der Waals surface area (Å²) in [4.78, 5) is 15.1. The van der Waals surface area contributed by atoms with Crippen molar-refractivity contribution in [2.24, 2.45) is 0 Å². The quantitative estimate of drug-likeness (QED) is 0.762. The number of aromatic nitrogens is 2. The van der Waals surface area contributed by atoms with Crippen LogP contribution in [0.3, 0.4) is 0 Å². The minimum atomic E-state index is -4.76. The second kappa shape index (κ2) is 3.76. The topological polar surface area (TPSA) is 43.6 Å². The third kappa shape index (κ3) is 2.38. The lowest BCUT2D eigenvalue weighted by Gasteiger charge is -2.09. The van der Waals surface area contributed by atoms with E-state index in [0.29, 0.717) is 5.65 Å². The number of fused-ring (bicyclic) bond motifs is 1. The van der Waals surface area contributed by atoms with Crippen LogP contribution in [0.1, 0.15) is 17.4 Å². The van der Waals surface area contributed by atoms with Gasteiger partial charge in [-0.25, -0.2) is 4.98 Å². The molecule has 7 heteroatoms. The zero-order chi connectivity index (χ0) is 12.6. The lowest BCUT2D eigenvalue weighted by atomic mass is 10.3. The van der Waals surface area contributed by atoms with Crippen LogP contribution < -0.4 is 4.74 Å². The summed E-state index contributed by atoms with van der Waals surface area (Å²) in [6, 6.07) is 2.48. The fourth-order valence-corrected chi connectivity index (χ4v) is 1.42. The first-order valence-corrected chi connectivity index (χ1v) is 4.60. The minimum Gasteiger partial charge on any atom is -0.404 e. The van der Waals surface area contributed by atoms with Crippen LogP contribution in [0.15, 0.2) is 24.5 Å². The maximum Gasteiger partial charge on any atom is 0.573 e. The molecule has 2 heterocycles. The molecule has 2 aromatic heterocycles. The average Bonchev–Trinajstić information content (AvgIpc) is 2.57. The van der Waals surface area contributed by atoms with Gasteiger partial charge < -0.3 is 4.74 Å². The third-order valence-electron chi connectivity index (χ3n) is 2.07. The van der Waals surface area contributed by atoms with Crippen molar-refractivity contribution < 1.29 is 22.7 Å². The fraction of sp³-hybridized carbons (Fsp3) is 0.200. The molecular weight excluding hydrogens is 237 g/mol. The Balaban J connectivity index is 2.48. The molecule has 0 spiro atoms. The Hall–Kier alpha value is -2.05. The van der Waals surface area contributed by atoms with Crippen LogP contribution in [0.4, 0.5) is 13.2 Å². The van der Waals surface area contributed by atoms with Crippen molar-refractivity contribution >= 4 is 11.4 Å². The Morgan fingerprint density at radius 1 is 1.41 bits per heavy atom. The van der Waals surface area contributed by atoms with E-state index in [0.717, 1.165) is 12.3 Å². The summed E-state index contributed by atoms with van der Waals surface area (Å²) in [5, 5.41) is 0. The number of carbonyl (C=O) groups is 1. The molecule has 0 saturated heterocycles. The van der Waals surface area contributed by atoms with E-state index in [1.165, 1.54) is 23.6 Å². The number of halogens is 3. The van der Waals surface area contributed by atoms with Gasteiger partial charge in [0.15, 0.2) is 5.78 Å². The van der Waals surface area contributed by atoms with Crippen molar-refractivity contribution in [3.8, 4) is 5.75 Å². The summed E-state index contributed by atoms with van der Waals surface area (Å²) < 4.78 is 41.0. The predicted octanol–water partition coefficient (Wildman–Crippen LogP) is 2.44. The zero-order valence-corrected chi connectivity index (χ0v) is 8.65. The van der Waals surface area contributed by atoms with Crippen LogP contribution in [0, 0.1) is 0 Å². The molecule has 2 rings (SSSR count). The molecule has 0 atom stereocenters.